The molecule has 0 radical (unpaired) electrons. The Morgan fingerprint density at radius 3 is 2.30 bits per heavy atom. The van der Waals surface area contributed by atoms with Crippen LogP contribution >= 0.6 is 0 Å². The van der Waals surface area contributed by atoms with E-state index in [1.165, 1.54) is 12.3 Å². The van der Waals surface area contributed by atoms with Crippen molar-refractivity contribution in [2.75, 3.05) is 0 Å². The highest BCUT2D eigenvalue weighted by Gasteiger charge is 2.30. The molecule has 0 aliphatic carbocycles. The molecule has 0 amide bonds. The summed E-state index contributed by atoms with van der Waals surface area (Å²) in [5.74, 6) is -1.09. The summed E-state index contributed by atoms with van der Waals surface area (Å²) in [7, 11) is 0. The van der Waals surface area contributed by atoms with Gasteiger partial charge in [0.15, 0.2) is 5.78 Å². The average Bonchev–Trinajstić information content (AvgIpc) is 2.38. The van der Waals surface area contributed by atoms with Crippen molar-refractivity contribution >= 4 is 5.78 Å². The van der Waals surface area contributed by atoms with Crippen molar-refractivity contribution in [1.82, 2.24) is 4.98 Å². The van der Waals surface area contributed by atoms with Crippen LogP contribution in [0.15, 0.2) is 42.6 Å². The molecule has 0 saturated carbocycles. The van der Waals surface area contributed by atoms with Gasteiger partial charge in [0.25, 0.3) is 0 Å². The number of hydrogen-bond acceptors (Lipinski definition) is 2. The topological polar surface area (TPSA) is 30.0 Å². The van der Waals surface area contributed by atoms with Crippen LogP contribution in [-0.2, 0) is 12.6 Å². The van der Waals surface area contributed by atoms with Gasteiger partial charge in [0.1, 0.15) is 0 Å². The highest BCUT2D eigenvalue weighted by Crippen LogP contribution is 2.29. The number of halogens is 4. The Labute approximate surface area is 112 Å². The summed E-state index contributed by atoms with van der Waals surface area (Å²) in [6, 6.07) is 6.51. The number of aromatic nitrogens is 1. The first-order valence-corrected chi connectivity index (χ1v) is 5.67. The summed E-state index contributed by atoms with van der Waals surface area (Å²) < 4.78 is 50.0. The lowest BCUT2D eigenvalue weighted by Crippen LogP contribution is -2.07. The molecule has 0 unspecified atom stereocenters. The first-order chi connectivity index (χ1) is 9.36. The molecule has 1 aromatic heterocycles. The van der Waals surface area contributed by atoms with E-state index in [1.807, 2.05) is 0 Å². The Morgan fingerprint density at radius 1 is 1.10 bits per heavy atom. The number of nitrogens with zero attached hydrogens (tertiary/aromatic N) is 1. The van der Waals surface area contributed by atoms with E-state index in [2.05, 4.69) is 4.98 Å². The van der Waals surface area contributed by atoms with Crippen molar-refractivity contribution in [3.63, 3.8) is 0 Å². The van der Waals surface area contributed by atoms with Crippen LogP contribution in [0.2, 0.25) is 0 Å². The standard InChI is InChI=1S/C14H9F4NO/c15-13-8-9(5-6-19-13)7-12(20)10-1-3-11(4-2-10)14(16,17)18/h1-6,8H,7H2. The smallest absolute Gasteiger partial charge is 0.294 e. The molecule has 0 N–H and O–H groups in total. The number of carbonyl (C=O) groups excluding carboxylic acids is 1. The lowest BCUT2D eigenvalue weighted by atomic mass is 10.0. The summed E-state index contributed by atoms with van der Waals surface area (Å²) in [4.78, 5) is 15.2. The van der Waals surface area contributed by atoms with Gasteiger partial charge >= 0.3 is 6.18 Å². The molecule has 0 aliphatic rings. The number of benzene rings is 1. The molecular weight excluding hydrogens is 274 g/mol. The molecule has 2 rings (SSSR count). The fraction of sp³-hybridized carbons (Fsp3) is 0.143. The fourth-order valence-electron chi connectivity index (χ4n) is 1.69. The molecular formula is C14H9F4NO. The average molecular weight is 283 g/mol. The van der Waals surface area contributed by atoms with Crippen LogP contribution in [0.25, 0.3) is 0 Å². The zero-order chi connectivity index (χ0) is 14.8. The van der Waals surface area contributed by atoms with E-state index in [0.717, 1.165) is 30.3 Å². The minimum Gasteiger partial charge on any atom is -0.294 e. The van der Waals surface area contributed by atoms with Gasteiger partial charge in [0.2, 0.25) is 5.95 Å². The van der Waals surface area contributed by atoms with Crippen LogP contribution in [0.3, 0.4) is 0 Å². The molecule has 20 heavy (non-hydrogen) atoms. The second-order valence-corrected chi connectivity index (χ2v) is 4.16. The summed E-state index contributed by atoms with van der Waals surface area (Å²) in [6.45, 7) is 0. The Bertz CT molecular complexity index is 620. The van der Waals surface area contributed by atoms with Crippen molar-refractivity contribution in [1.29, 1.82) is 0 Å². The number of ketones is 1. The molecule has 104 valence electrons. The second kappa shape index (κ2) is 5.40. The van der Waals surface area contributed by atoms with Crippen LogP contribution in [0.5, 0.6) is 0 Å². The molecule has 0 saturated heterocycles. The number of carbonyl (C=O) groups is 1. The number of pyridine rings is 1. The molecule has 2 aromatic rings. The van der Waals surface area contributed by atoms with E-state index in [0.29, 0.717) is 5.56 Å². The van der Waals surface area contributed by atoms with Gasteiger partial charge in [-0.25, -0.2) is 4.98 Å². The number of rotatable bonds is 3. The van der Waals surface area contributed by atoms with Gasteiger partial charge in [-0.1, -0.05) is 12.1 Å². The Hall–Kier alpha value is -2.24. The molecule has 0 bridgehead atoms. The highest BCUT2D eigenvalue weighted by molar-refractivity contribution is 5.97. The van der Waals surface area contributed by atoms with E-state index in [9.17, 15) is 22.4 Å². The van der Waals surface area contributed by atoms with Crippen LogP contribution in [0.4, 0.5) is 17.6 Å². The van der Waals surface area contributed by atoms with E-state index < -0.39 is 17.7 Å². The van der Waals surface area contributed by atoms with E-state index in [1.54, 1.807) is 0 Å². The van der Waals surface area contributed by atoms with Gasteiger partial charge in [-0.15, -0.1) is 0 Å². The third-order valence-corrected chi connectivity index (χ3v) is 2.69. The molecule has 0 atom stereocenters. The van der Waals surface area contributed by atoms with Crippen molar-refractivity contribution in [3.05, 3.63) is 65.2 Å². The maximum Gasteiger partial charge on any atom is 0.416 e. The molecule has 0 spiro atoms. The fourth-order valence-corrected chi connectivity index (χ4v) is 1.69. The monoisotopic (exact) mass is 283 g/mol. The van der Waals surface area contributed by atoms with E-state index >= 15 is 0 Å². The predicted octanol–water partition coefficient (Wildman–Crippen LogP) is 3.66. The van der Waals surface area contributed by atoms with Crippen molar-refractivity contribution in [2.45, 2.75) is 12.6 Å². The predicted molar refractivity (Wildman–Crippen MR) is 63.7 cm³/mol. The van der Waals surface area contributed by atoms with Crippen LogP contribution < -0.4 is 0 Å². The van der Waals surface area contributed by atoms with Gasteiger partial charge in [-0.3, -0.25) is 4.79 Å². The van der Waals surface area contributed by atoms with Crippen molar-refractivity contribution in [2.24, 2.45) is 0 Å². The Kier molecular flexibility index (Phi) is 3.83. The molecule has 6 heteroatoms. The van der Waals surface area contributed by atoms with E-state index in [4.69, 9.17) is 0 Å². The van der Waals surface area contributed by atoms with Crippen molar-refractivity contribution < 1.29 is 22.4 Å². The molecule has 1 aromatic carbocycles. The third kappa shape index (κ3) is 3.40. The summed E-state index contributed by atoms with van der Waals surface area (Å²) >= 11 is 0. The lowest BCUT2D eigenvalue weighted by Gasteiger charge is -2.07. The molecule has 2 nitrogen and oxygen atoms in total. The zero-order valence-corrected chi connectivity index (χ0v) is 10.1. The van der Waals surface area contributed by atoms with Crippen molar-refractivity contribution in [3.8, 4) is 0 Å². The SMILES string of the molecule is O=C(Cc1ccnc(F)c1)c1ccc(C(F)(F)F)cc1. The maximum absolute atomic E-state index is 12.9. The Morgan fingerprint density at radius 2 is 1.75 bits per heavy atom. The first-order valence-electron chi connectivity index (χ1n) is 5.67. The minimum absolute atomic E-state index is 0.0925. The molecule has 1 heterocycles. The summed E-state index contributed by atoms with van der Waals surface area (Å²) in [5, 5.41) is 0. The number of alkyl halides is 3. The molecule has 0 aliphatic heterocycles. The number of hydrogen-bond donors (Lipinski definition) is 0. The minimum atomic E-state index is -4.43. The third-order valence-electron chi connectivity index (χ3n) is 2.69. The Balaban J connectivity index is 2.14. The van der Waals surface area contributed by atoms with E-state index in [-0.39, 0.29) is 17.8 Å². The number of Topliss-reactive ketones (excluding diaryl/α,β-unsaturated/α-hetero) is 1. The van der Waals surface area contributed by atoms with Crippen LogP contribution in [0.1, 0.15) is 21.5 Å². The van der Waals surface area contributed by atoms with Gasteiger partial charge in [-0.05, 0) is 29.8 Å². The quantitative estimate of drug-likeness (QED) is 0.489. The maximum atomic E-state index is 12.9. The first kappa shape index (κ1) is 14.2. The highest BCUT2D eigenvalue weighted by atomic mass is 19.4. The van der Waals surface area contributed by atoms with Gasteiger partial charge in [0, 0.05) is 18.2 Å². The normalized spacial score (nSPS) is 11.4. The van der Waals surface area contributed by atoms with Gasteiger partial charge in [0.05, 0.1) is 5.56 Å². The van der Waals surface area contributed by atoms with Gasteiger partial charge < -0.3 is 0 Å². The molecule has 0 fully saturated rings. The van der Waals surface area contributed by atoms with Crippen LogP contribution in [0, 0.1) is 5.95 Å². The largest absolute Gasteiger partial charge is 0.416 e. The summed E-state index contributed by atoms with van der Waals surface area (Å²) in [5.41, 5.74) is -0.248. The second-order valence-electron chi connectivity index (χ2n) is 4.16. The summed E-state index contributed by atoms with van der Waals surface area (Å²) in [6.07, 6.45) is -3.30. The zero-order valence-electron chi connectivity index (χ0n) is 10.1. The van der Waals surface area contributed by atoms with Crippen LogP contribution in [-0.4, -0.2) is 10.8 Å². The van der Waals surface area contributed by atoms with Gasteiger partial charge in [-0.2, -0.15) is 17.6 Å². The lowest BCUT2D eigenvalue weighted by molar-refractivity contribution is -0.137.